The Hall–Kier alpha value is -1.04. The van der Waals surface area contributed by atoms with Crippen LogP contribution in [0, 0.1) is 0 Å². The molecule has 0 aliphatic heterocycles. The van der Waals surface area contributed by atoms with Gasteiger partial charge >= 0.3 is 6.18 Å². The van der Waals surface area contributed by atoms with Crippen molar-refractivity contribution in [3.05, 3.63) is 34.8 Å². The van der Waals surface area contributed by atoms with Gasteiger partial charge in [-0.1, -0.05) is 6.07 Å². The largest absolute Gasteiger partial charge is 0.450 e. The highest BCUT2D eigenvalue weighted by molar-refractivity contribution is 9.10. The topological polar surface area (TPSA) is 17.3 Å². The van der Waals surface area contributed by atoms with Crippen LogP contribution in [0.1, 0.15) is 5.82 Å². The van der Waals surface area contributed by atoms with E-state index in [2.05, 4.69) is 20.9 Å². The second-order valence-corrected chi connectivity index (χ2v) is 3.43. The predicted molar refractivity (Wildman–Crippen MR) is 47.9 cm³/mol. The third kappa shape index (κ3) is 1.39. The molecular weight excluding hydrogens is 261 g/mol. The quantitative estimate of drug-likeness (QED) is 0.715. The van der Waals surface area contributed by atoms with Crippen molar-refractivity contribution in [3.8, 4) is 0 Å². The van der Waals surface area contributed by atoms with Crippen LogP contribution in [0.25, 0.3) is 5.52 Å². The van der Waals surface area contributed by atoms with Crippen LogP contribution in [0.2, 0.25) is 0 Å². The van der Waals surface area contributed by atoms with E-state index < -0.39 is 12.0 Å². The van der Waals surface area contributed by atoms with Crippen LogP contribution in [0.5, 0.6) is 0 Å². The maximum absolute atomic E-state index is 12.4. The second kappa shape index (κ2) is 2.98. The number of alkyl halides is 3. The lowest BCUT2D eigenvalue weighted by Crippen LogP contribution is -2.10. The van der Waals surface area contributed by atoms with Gasteiger partial charge in [-0.3, -0.25) is 4.40 Å². The molecule has 0 spiro atoms. The minimum Gasteiger partial charge on any atom is -0.295 e. The molecule has 6 heteroatoms. The number of halogens is 4. The first-order valence-corrected chi connectivity index (χ1v) is 4.49. The number of pyridine rings is 1. The minimum atomic E-state index is -4.43. The zero-order chi connectivity index (χ0) is 10.3. The van der Waals surface area contributed by atoms with Crippen LogP contribution in [0.3, 0.4) is 0 Å². The number of rotatable bonds is 0. The monoisotopic (exact) mass is 264 g/mol. The second-order valence-electron chi connectivity index (χ2n) is 2.68. The zero-order valence-corrected chi connectivity index (χ0v) is 8.30. The first kappa shape index (κ1) is 9.51. The lowest BCUT2D eigenvalue weighted by atomic mass is 10.4. The van der Waals surface area contributed by atoms with E-state index in [0.717, 1.165) is 4.40 Å². The van der Waals surface area contributed by atoms with E-state index in [1.807, 2.05) is 0 Å². The van der Waals surface area contributed by atoms with E-state index in [-0.39, 0.29) is 4.60 Å². The van der Waals surface area contributed by atoms with Gasteiger partial charge in [0.15, 0.2) is 0 Å². The molecule has 74 valence electrons. The van der Waals surface area contributed by atoms with E-state index in [9.17, 15) is 13.2 Å². The number of hydrogen-bond donors (Lipinski definition) is 0. The maximum Gasteiger partial charge on any atom is 0.450 e. The summed E-state index contributed by atoms with van der Waals surface area (Å²) in [5.41, 5.74) is 0.403. The molecule has 0 saturated heterocycles. The normalized spacial score (nSPS) is 12.3. The van der Waals surface area contributed by atoms with E-state index in [1.54, 1.807) is 12.1 Å². The van der Waals surface area contributed by atoms with Gasteiger partial charge in [0.2, 0.25) is 5.82 Å². The third-order valence-electron chi connectivity index (χ3n) is 1.76. The summed E-state index contributed by atoms with van der Waals surface area (Å²) in [6.07, 6.45) is -3.10. The van der Waals surface area contributed by atoms with Gasteiger partial charge in [-0.05, 0) is 28.1 Å². The van der Waals surface area contributed by atoms with Crippen molar-refractivity contribution in [1.82, 2.24) is 9.38 Å². The summed E-state index contributed by atoms with van der Waals surface area (Å²) in [4.78, 5) is 3.42. The fraction of sp³-hybridized carbons (Fsp3) is 0.125. The lowest BCUT2D eigenvalue weighted by Gasteiger charge is -2.03. The van der Waals surface area contributed by atoms with Crippen molar-refractivity contribution in [2.75, 3.05) is 0 Å². The summed E-state index contributed by atoms with van der Waals surface area (Å²) >= 11 is 2.98. The van der Waals surface area contributed by atoms with Gasteiger partial charge in [0.1, 0.15) is 4.60 Å². The highest BCUT2D eigenvalue weighted by atomic mass is 79.9. The van der Waals surface area contributed by atoms with E-state index in [4.69, 9.17) is 0 Å². The highest BCUT2D eigenvalue weighted by Crippen LogP contribution is 2.31. The molecule has 0 aromatic carbocycles. The molecule has 0 fully saturated rings. The average Bonchev–Trinajstić information content (AvgIpc) is 2.44. The highest BCUT2D eigenvalue weighted by Gasteiger charge is 2.36. The maximum atomic E-state index is 12.4. The molecular formula is C8H4BrF3N2. The first-order chi connectivity index (χ1) is 6.50. The van der Waals surface area contributed by atoms with Gasteiger partial charge in [0.25, 0.3) is 0 Å². The average molecular weight is 265 g/mol. The molecule has 0 N–H and O–H groups in total. The summed E-state index contributed by atoms with van der Waals surface area (Å²) in [6, 6.07) is 4.74. The smallest absolute Gasteiger partial charge is 0.295 e. The van der Waals surface area contributed by atoms with Gasteiger partial charge in [0, 0.05) is 6.20 Å². The third-order valence-corrected chi connectivity index (χ3v) is 2.34. The van der Waals surface area contributed by atoms with Crippen molar-refractivity contribution < 1.29 is 13.2 Å². The lowest BCUT2D eigenvalue weighted by molar-refractivity contribution is -0.145. The summed E-state index contributed by atoms with van der Waals surface area (Å²) in [5, 5.41) is 0. The SMILES string of the molecule is FC(F)(F)c1nc(Br)c2ccccn12. The summed E-state index contributed by atoms with van der Waals surface area (Å²) < 4.78 is 38.5. The van der Waals surface area contributed by atoms with Crippen LogP contribution in [-0.4, -0.2) is 9.38 Å². The van der Waals surface area contributed by atoms with Crippen LogP contribution in [0.4, 0.5) is 13.2 Å². The molecule has 0 atom stereocenters. The predicted octanol–water partition coefficient (Wildman–Crippen LogP) is 3.12. The van der Waals surface area contributed by atoms with Gasteiger partial charge in [-0.25, -0.2) is 4.98 Å². The fourth-order valence-electron chi connectivity index (χ4n) is 1.20. The van der Waals surface area contributed by atoms with Crippen molar-refractivity contribution in [2.45, 2.75) is 6.18 Å². The molecule has 2 heterocycles. The molecule has 0 aliphatic rings. The van der Waals surface area contributed by atoms with Gasteiger partial charge in [-0.15, -0.1) is 0 Å². The van der Waals surface area contributed by atoms with Crippen molar-refractivity contribution in [3.63, 3.8) is 0 Å². The van der Waals surface area contributed by atoms with Crippen molar-refractivity contribution in [2.24, 2.45) is 0 Å². The van der Waals surface area contributed by atoms with E-state index in [0.29, 0.717) is 5.52 Å². The molecule has 0 saturated carbocycles. The van der Waals surface area contributed by atoms with Crippen molar-refractivity contribution >= 4 is 21.4 Å². The number of fused-ring (bicyclic) bond motifs is 1. The molecule has 0 aliphatic carbocycles. The van der Waals surface area contributed by atoms with E-state index in [1.165, 1.54) is 12.3 Å². The zero-order valence-electron chi connectivity index (χ0n) is 6.72. The summed E-state index contributed by atoms with van der Waals surface area (Å²) in [6.45, 7) is 0. The Morgan fingerprint density at radius 1 is 1.29 bits per heavy atom. The molecule has 2 aromatic heterocycles. The molecule has 2 rings (SSSR count). The number of imidazole rings is 1. The molecule has 2 nitrogen and oxygen atoms in total. The molecule has 14 heavy (non-hydrogen) atoms. The Morgan fingerprint density at radius 3 is 2.64 bits per heavy atom. The molecule has 0 unspecified atom stereocenters. The standard InChI is InChI=1S/C8H4BrF3N2/c9-6-5-3-1-2-4-14(5)7(13-6)8(10,11)12/h1-4H. The number of hydrogen-bond acceptors (Lipinski definition) is 1. The number of nitrogens with zero attached hydrogens (tertiary/aromatic N) is 2. The molecule has 0 radical (unpaired) electrons. The minimum absolute atomic E-state index is 0.199. The Bertz CT molecular complexity index is 475. The van der Waals surface area contributed by atoms with Gasteiger partial charge in [0.05, 0.1) is 5.52 Å². The van der Waals surface area contributed by atoms with Crippen LogP contribution in [0.15, 0.2) is 29.0 Å². The summed E-state index contributed by atoms with van der Waals surface area (Å²) in [7, 11) is 0. The van der Waals surface area contributed by atoms with Crippen LogP contribution < -0.4 is 0 Å². The van der Waals surface area contributed by atoms with Crippen LogP contribution in [-0.2, 0) is 6.18 Å². The van der Waals surface area contributed by atoms with Gasteiger partial charge < -0.3 is 0 Å². The Labute approximate surface area is 85.5 Å². The summed E-state index contributed by atoms with van der Waals surface area (Å²) in [5.74, 6) is -0.917. The Morgan fingerprint density at radius 2 is 2.00 bits per heavy atom. The van der Waals surface area contributed by atoms with Crippen molar-refractivity contribution in [1.29, 1.82) is 0 Å². The fourth-order valence-corrected chi connectivity index (χ4v) is 1.69. The molecule has 2 aromatic rings. The first-order valence-electron chi connectivity index (χ1n) is 3.70. The number of aromatic nitrogens is 2. The Balaban J connectivity index is 2.80. The van der Waals surface area contributed by atoms with E-state index >= 15 is 0 Å². The molecule has 0 bridgehead atoms. The Kier molecular flexibility index (Phi) is 2.02. The molecule has 0 amide bonds. The van der Waals surface area contributed by atoms with Crippen LogP contribution >= 0.6 is 15.9 Å². The van der Waals surface area contributed by atoms with Gasteiger partial charge in [-0.2, -0.15) is 13.2 Å².